The average Bonchev–Trinajstić information content (AvgIpc) is 3.13. The van der Waals surface area contributed by atoms with Gasteiger partial charge in [-0.05, 0) is 32.0 Å². The SMILES string of the molecule is Cc1occc1CN(C)C(=O)c1c(-c2c(F)cccc2Cl)noc1C. The molecule has 1 amide bonds. The summed E-state index contributed by atoms with van der Waals surface area (Å²) in [4.78, 5) is 14.4. The van der Waals surface area contributed by atoms with Crippen LogP contribution < -0.4 is 0 Å². The minimum absolute atomic E-state index is 0.0530. The number of hydrogen-bond donors (Lipinski definition) is 0. The number of hydrogen-bond acceptors (Lipinski definition) is 4. The minimum atomic E-state index is -0.566. The van der Waals surface area contributed by atoms with Crippen LogP contribution in [0.25, 0.3) is 11.3 Å². The summed E-state index contributed by atoms with van der Waals surface area (Å²) < 4.78 is 24.6. The Bertz CT molecular complexity index is 912. The average molecular weight is 363 g/mol. The fourth-order valence-electron chi connectivity index (χ4n) is 2.61. The molecule has 25 heavy (non-hydrogen) atoms. The standard InChI is InChI=1S/C18H16ClFN2O3/c1-10-12(7-8-24-10)9-22(3)18(23)15-11(2)25-21-17(15)16-13(19)5-4-6-14(16)20/h4-8H,9H2,1-3H3. The maximum atomic E-state index is 14.2. The highest BCUT2D eigenvalue weighted by Gasteiger charge is 2.27. The molecule has 0 unspecified atom stereocenters. The molecule has 0 saturated heterocycles. The van der Waals surface area contributed by atoms with Crippen molar-refractivity contribution in [3.05, 3.63) is 64.0 Å². The first-order chi connectivity index (χ1) is 11.9. The molecule has 5 nitrogen and oxygen atoms in total. The molecule has 0 N–H and O–H groups in total. The fourth-order valence-corrected chi connectivity index (χ4v) is 2.86. The van der Waals surface area contributed by atoms with E-state index in [-0.39, 0.29) is 27.8 Å². The summed E-state index contributed by atoms with van der Waals surface area (Å²) in [6, 6.07) is 6.09. The van der Waals surface area contributed by atoms with Gasteiger partial charge in [-0.25, -0.2) is 4.39 Å². The summed E-state index contributed by atoms with van der Waals surface area (Å²) in [5, 5.41) is 4.02. The van der Waals surface area contributed by atoms with E-state index in [0.717, 1.165) is 11.3 Å². The smallest absolute Gasteiger partial charge is 0.259 e. The number of amides is 1. The van der Waals surface area contributed by atoms with Gasteiger partial charge in [-0.1, -0.05) is 22.8 Å². The van der Waals surface area contributed by atoms with Crippen LogP contribution in [0.2, 0.25) is 5.02 Å². The van der Waals surface area contributed by atoms with Gasteiger partial charge in [-0.15, -0.1) is 0 Å². The lowest BCUT2D eigenvalue weighted by Gasteiger charge is -2.17. The lowest BCUT2D eigenvalue weighted by molar-refractivity contribution is 0.0783. The van der Waals surface area contributed by atoms with E-state index >= 15 is 0 Å². The molecular weight excluding hydrogens is 347 g/mol. The predicted octanol–water partition coefficient (Wildman–Crippen LogP) is 4.62. The van der Waals surface area contributed by atoms with Gasteiger partial charge in [-0.2, -0.15) is 0 Å². The van der Waals surface area contributed by atoms with E-state index in [2.05, 4.69) is 5.16 Å². The van der Waals surface area contributed by atoms with Crippen molar-refractivity contribution in [3.8, 4) is 11.3 Å². The zero-order valence-corrected chi connectivity index (χ0v) is 14.7. The van der Waals surface area contributed by atoms with Gasteiger partial charge in [0.05, 0.1) is 16.8 Å². The first kappa shape index (κ1) is 17.2. The van der Waals surface area contributed by atoms with Crippen LogP contribution in [0.3, 0.4) is 0 Å². The van der Waals surface area contributed by atoms with E-state index < -0.39 is 5.82 Å². The van der Waals surface area contributed by atoms with Crippen LogP contribution in [0, 0.1) is 19.7 Å². The van der Waals surface area contributed by atoms with E-state index in [1.807, 2.05) is 6.92 Å². The second kappa shape index (κ2) is 6.72. The Morgan fingerprint density at radius 3 is 2.68 bits per heavy atom. The molecule has 2 heterocycles. The molecule has 0 saturated carbocycles. The molecule has 0 bridgehead atoms. The van der Waals surface area contributed by atoms with E-state index in [1.165, 1.54) is 23.1 Å². The molecule has 0 aliphatic carbocycles. The van der Waals surface area contributed by atoms with Crippen LogP contribution in [0.15, 0.2) is 39.5 Å². The molecule has 0 aliphatic heterocycles. The van der Waals surface area contributed by atoms with Gasteiger partial charge in [0.15, 0.2) is 0 Å². The van der Waals surface area contributed by atoms with Crippen molar-refractivity contribution in [1.82, 2.24) is 10.1 Å². The summed E-state index contributed by atoms with van der Waals surface area (Å²) >= 11 is 6.11. The van der Waals surface area contributed by atoms with Gasteiger partial charge in [0.25, 0.3) is 5.91 Å². The third-order valence-corrected chi connectivity index (χ3v) is 4.31. The van der Waals surface area contributed by atoms with Crippen LogP contribution in [0.5, 0.6) is 0 Å². The first-order valence-corrected chi connectivity index (χ1v) is 7.97. The molecular formula is C18H16ClFN2O3. The molecule has 7 heteroatoms. The normalized spacial score (nSPS) is 10.9. The van der Waals surface area contributed by atoms with Gasteiger partial charge < -0.3 is 13.8 Å². The van der Waals surface area contributed by atoms with E-state index in [0.29, 0.717) is 12.3 Å². The zero-order valence-electron chi connectivity index (χ0n) is 14.0. The third-order valence-electron chi connectivity index (χ3n) is 4.00. The van der Waals surface area contributed by atoms with Gasteiger partial charge in [-0.3, -0.25) is 4.79 Å². The van der Waals surface area contributed by atoms with Crippen molar-refractivity contribution >= 4 is 17.5 Å². The highest BCUT2D eigenvalue weighted by atomic mass is 35.5. The maximum absolute atomic E-state index is 14.2. The molecule has 0 fully saturated rings. The summed E-state index contributed by atoms with van der Waals surface area (Å²) in [5.74, 6) is 0.131. The van der Waals surface area contributed by atoms with Crippen molar-refractivity contribution in [1.29, 1.82) is 0 Å². The molecule has 0 atom stereocenters. The van der Waals surface area contributed by atoms with Gasteiger partial charge in [0, 0.05) is 19.2 Å². The van der Waals surface area contributed by atoms with Crippen molar-refractivity contribution in [2.75, 3.05) is 7.05 Å². The number of carbonyl (C=O) groups excluding carboxylic acids is 1. The predicted molar refractivity (Wildman–Crippen MR) is 90.9 cm³/mol. The van der Waals surface area contributed by atoms with Crippen molar-refractivity contribution in [2.45, 2.75) is 20.4 Å². The quantitative estimate of drug-likeness (QED) is 0.679. The number of halogens is 2. The third kappa shape index (κ3) is 3.17. The highest BCUT2D eigenvalue weighted by Crippen LogP contribution is 2.34. The Labute approximate surface area is 149 Å². The van der Waals surface area contributed by atoms with Crippen LogP contribution in [-0.2, 0) is 6.54 Å². The van der Waals surface area contributed by atoms with Crippen molar-refractivity contribution in [2.24, 2.45) is 0 Å². The lowest BCUT2D eigenvalue weighted by Crippen LogP contribution is -2.27. The summed E-state index contributed by atoms with van der Waals surface area (Å²) in [5.41, 5.74) is 1.23. The molecule has 0 spiro atoms. The first-order valence-electron chi connectivity index (χ1n) is 7.59. The Balaban J connectivity index is 1.99. The Morgan fingerprint density at radius 2 is 2.04 bits per heavy atom. The van der Waals surface area contributed by atoms with Crippen molar-refractivity contribution < 1.29 is 18.1 Å². The number of nitrogens with zero attached hydrogens (tertiary/aromatic N) is 2. The molecule has 3 aromatic rings. The lowest BCUT2D eigenvalue weighted by atomic mass is 10.0. The van der Waals surface area contributed by atoms with Gasteiger partial charge >= 0.3 is 0 Å². The monoisotopic (exact) mass is 362 g/mol. The summed E-state index contributed by atoms with van der Waals surface area (Å²) in [6.07, 6.45) is 1.57. The van der Waals surface area contributed by atoms with Crippen molar-refractivity contribution in [3.63, 3.8) is 0 Å². The molecule has 130 valence electrons. The second-order valence-corrected chi connectivity index (χ2v) is 6.13. The van der Waals surface area contributed by atoms with Crippen LogP contribution in [0.1, 0.15) is 27.4 Å². The highest BCUT2D eigenvalue weighted by molar-refractivity contribution is 6.33. The fraction of sp³-hybridized carbons (Fsp3) is 0.222. The molecule has 0 aliphatic rings. The largest absolute Gasteiger partial charge is 0.469 e. The number of aryl methyl sites for hydroxylation is 2. The number of benzene rings is 1. The Kier molecular flexibility index (Phi) is 4.63. The number of carbonyl (C=O) groups is 1. The van der Waals surface area contributed by atoms with E-state index in [4.69, 9.17) is 20.5 Å². The van der Waals surface area contributed by atoms with Crippen LogP contribution in [-0.4, -0.2) is 23.0 Å². The molecule has 0 radical (unpaired) electrons. The Hall–Kier alpha value is -2.60. The van der Waals surface area contributed by atoms with E-state index in [1.54, 1.807) is 26.3 Å². The number of furan rings is 1. The maximum Gasteiger partial charge on any atom is 0.259 e. The van der Waals surface area contributed by atoms with Crippen LogP contribution in [0.4, 0.5) is 4.39 Å². The number of rotatable bonds is 4. The summed E-state index contributed by atoms with van der Waals surface area (Å²) in [6.45, 7) is 3.77. The second-order valence-electron chi connectivity index (χ2n) is 5.72. The molecule has 2 aromatic heterocycles. The number of aromatic nitrogens is 1. The van der Waals surface area contributed by atoms with Gasteiger partial charge in [0.1, 0.15) is 28.6 Å². The van der Waals surface area contributed by atoms with Crippen LogP contribution >= 0.6 is 11.6 Å². The van der Waals surface area contributed by atoms with E-state index in [9.17, 15) is 9.18 Å². The summed E-state index contributed by atoms with van der Waals surface area (Å²) in [7, 11) is 1.65. The van der Waals surface area contributed by atoms with Gasteiger partial charge in [0.2, 0.25) is 0 Å². The Morgan fingerprint density at radius 1 is 1.28 bits per heavy atom. The zero-order chi connectivity index (χ0) is 18.1. The minimum Gasteiger partial charge on any atom is -0.469 e. The molecule has 3 rings (SSSR count). The molecule has 1 aromatic carbocycles. The topological polar surface area (TPSA) is 59.5 Å².